The number of carbonyl (C=O) groups is 1. The second kappa shape index (κ2) is 7.24. The number of nitrogens with zero attached hydrogens (tertiary/aromatic N) is 1. The molecule has 2 heterocycles. The van der Waals surface area contributed by atoms with Gasteiger partial charge >= 0.3 is 0 Å². The minimum absolute atomic E-state index is 0.112. The number of amides is 1. The Morgan fingerprint density at radius 2 is 2.19 bits per heavy atom. The Kier molecular flexibility index (Phi) is 5.35. The average Bonchev–Trinajstić information content (AvgIpc) is 2.88. The van der Waals surface area contributed by atoms with Crippen LogP contribution in [-0.2, 0) is 4.79 Å². The van der Waals surface area contributed by atoms with E-state index in [2.05, 4.69) is 50.0 Å². The lowest BCUT2D eigenvalue weighted by molar-refractivity contribution is -0.115. The summed E-state index contributed by atoms with van der Waals surface area (Å²) in [7, 11) is 1.68. The van der Waals surface area contributed by atoms with Crippen molar-refractivity contribution in [2.24, 2.45) is 0 Å². The molecule has 2 aliphatic rings. The number of anilines is 1. The molecule has 26 heavy (non-hydrogen) atoms. The van der Waals surface area contributed by atoms with E-state index in [1.165, 1.54) is 23.0 Å². The Labute approximate surface area is 165 Å². The first-order valence-corrected chi connectivity index (χ1v) is 10.2. The molecule has 6 heteroatoms. The van der Waals surface area contributed by atoms with E-state index in [4.69, 9.17) is 17.0 Å². The van der Waals surface area contributed by atoms with E-state index < -0.39 is 0 Å². The lowest BCUT2D eigenvalue weighted by atomic mass is 9.79. The fraction of sp³-hybridized carbons (Fsp3) is 0.500. The van der Waals surface area contributed by atoms with E-state index in [1.54, 1.807) is 7.11 Å². The zero-order chi connectivity index (χ0) is 19.1. The molecule has 1 amide bonds. The van der Waals surface area contributed by atoms with Gasteiger partial charge < -0.3 is 15.0 Å². The third-order valence-electron chi connectivity index (χ3n) is 5.11. The van der Waals surface area contributed by atoms with E-state index in [1.807, 2.05) is 6.08 Å². The number of thioether (sulfide) groups is 1. The monoisotopic (exact) mass is 390 g/mol. The second-order valence-electron chi connectivity index (χ2n) is 7.57. The highest BCUT2D eigenvalue weighted by atomic mass is 32.2. The fourth-order valence-corrected chi connectivity index (χ4v) is 5.06. The van der Waals surface area contributed by atoms with Crippen molar-refractivity contribution in [1.29, 1.82) is 0 Å². The number of carbonyl (C=O) groups excluding carboxylic acids is 1. The first-order valence-electron chi connectivity index (χ1n) is 9.01. The van der Waals surface area contributed by atoms with Crippen molar-refractivity contribution in [2.45, 2.75) is 52.0 Å². The molecule has 3 rings (SSSR count). The summed E-state index contributed by atoms with van der Waals surface area (Å²) in [6.07, 6.45) is 4.08. The van der Waals surface area contributed by atoms with Gasteiger partial charge in [0.1, 0.15) is 10.1 Å². The molecule has 1 unspecified atom stereocenters. The molecule has 0 aromatic heterocycles. The van der Waals surface area contributed by atoms with Gasteiger partial charge in [-0.1, -0.05) is 37.8 Å². The quantitative estimate of drug-likeness (QED) is 0.597. The van der Waals surface area contributed by atoms with E-state index in [0.29, 0.717) is 15.1 Å². The van der Waals surface area contributed by atoms with Gasteiger partial charge in [0.05, 0.1) is 12.0 Å². The number of thiocarbonyl (C=S) groups is 1. The van der Waals surface area contributed by atoms with Gasteiger partial charge in [-0.2, -0.15) is 0 Å². The standard InChI is InChI=1S/C20H26N2O2S2/c1-6-7-22-15-10-16(24-5)13(9-17-18(23)21-19(25)26-17)8-14(15)12(2)11-20(22,3)4/h8-10,12H,6-7,11H2,1-5H3,(H,21,23,25)/b17-9-. The molecule has 1 aromatic rings. The Morgan fingerprint density at radius 3 is 2.77 bits per heavy atom. The average molecular weight is 391 g/mol. The van der Waals surface area contributed by atoms with E-state index in [9.17, 15) is 4.79 Å². The summed E-state index contributed by atoms with van der Waals surface area (Å²) in [6.45, 7) is 10.1. The maximum atomic E-state index is 12.0. The van der Waals surface area contributed by atoms with Gasteiger partial charge in [0.2, 0.25) is 0 Å². The van der Waals surface area contributed by atoms with Gasteiger partial charge in [-0.3, -0.25) is 4.79 Å². The Hall–Kier alpha value is -1.53. The predicted octanol–water partition coefficient (Wildman–Crippen LogP) is 4.69. The minimum Gasteiger partial charge on any atom is -0.496 e. The molecular weight excluding hydrogens is 364 g/mol. The molecule has 4 nitrogen and oxygen atoms in total. The van der Waals surface area contributed by atoms with E-state index >= 15 is 0 Å². The molecule has 2 aliphatic heterocycles. The van der Waals surface area contributed by atoms with Crippen LogP contribution in [0.2, 0.25) is 0 Å². The highest BCUT2D eigenvalue weighted by Gasteiger charge is 2.36. The van der Waals surface area contributed by atoms with Crippen molar-refractivity contribution in [2.75, 3.05) is 18.6 Å². The molecule has 0 aliphatic carbocycles. The number of ether oxygens (including phenoxy) is 1. The Morgan fingerprint density at radius 1 is 1.46 bits per heavy atom. The number of hydrogen-bond acceptors (Lipinski definition) is 5. The van der Waals surface area contributed by atoms with Gasteiger partial charge in [-0.05, 0) is 50.3 Å². The number of benzene rings is 1. The number of rotatable bonds is 4. The topological polar surface area (TPSA) is 41.6 Å². The summed E-state index contributed by atoms with van der Waals surface area (Å²) in [4.78, 5) is 15.1. The summed E-state index contributed by atoms with van der Waals surface area (Å²) in [6, 6.07) is 4.31. The number of hydrogen-bond donors (Lipinski definition) is 1. The highest BCUT2D eigenvalue weighted by molar-refractivity contribution is 8.26. The van der Waals surface area contributed by atoms with Crippen LogP contribution in [0.5, 0.6) is 5.75 Å². The normalized spacial score (nSPS) is 23.2. The molecule has 0 saturated carbocycles. The molecule has 1 aromatic carbocycles. The first kappa shape index (κ1) is 19.2. The lowest BCUT2D eigenvalue weighted by Gasteiger charge is -2.47. The molecule has 0 radical (unpaired) electrons. The van der Waals surface area contributed by atoms with Gasteiger partial charge in [-0.15, -0.1) is 0 Å². The summed E-state index contributed by atoms with van der Waals surface area (Å²) >= 11 is 6.39. The molecule has 1 saturated heterocycles. The summed E-state index contributed by atoms with van der Waals surface area (Å²) in [5, 5.41) is 2.67. The van der Waals surface area contributed by atoms with Crippen LogP contribution in [0.3, 0.4) is 0 Å². The maximum Gasteiger partial charge on any atom is 0.263 e. The lowest BCUT2D eigenvalue weighted by Crippen LogP contribution is -2.48. The van der Waals surface area contributed by atoms with Crippen LogP contribution in [0.25, 0.3) is 6.08 Å². The van der Waals surface area contributed by atoms with Gasteiger partial charge in [-0.25, -0.2) is 0 Å². The smallest absolute Gasteiger partial charge is 0.263 e. The van der Waals surface area contributed by atoms with Gasteiger partial charge in [0.15, 0.2) is 0 Å². The van der Waals surface area contributed by atoms with Crippen molar-refractivity contribution in [3.05, 3.63) is 28.2 Å². The number of nitrogens with one attached hydrogen (secondary N) is 1. The molecular formula is C20H26N2O2S2. The van der Waals surface area contributed by atoms with Crippen molar-refractivity contribution in [1.82, 2.24) is 5.32 Å². The largest absolute Gasteiger partial charge is 0.496 e. The van der Waals surface area contributed by atoms with Crippen LogP contribution in [-0.4, -0.2) is 29.4 Å². The zero-order valence-electron chi connectivity index (χ0n) is 16.0. The molecule has 0 spiro atoms. The fourth-order valence-electron chi connectivity index (χ4n) is 4.03. The number of fused-ring (bicyclic) bond motifs is 1. The van der Waals surface area contributed by atoms with E-state index in [-0.39, 0.29) is 11.4 Å². The van der Waals surface area contributed by atoms with Gasteiger partial charge in [0.25, 0.3) is 5.91 Å². The van der Waals surface area contributed by atoms with Crippen molar-refractivity contribution in [3.63, 3.8) is 0 Å². The SMILES string of the molecule is CCCN1c2cc(OC)c(/C=C3\SC(=S)NC3=O)cc2C(C)CC1(C)C. The van der Waals surface area contributed by atoms with Crippen molar-refractivity contribution < 1.29 is 9.53 Å². The Bertz CT molecular complexity index is 786. The molecule has 0 bridgehead atoms. The van der Waals surface area contributed by atoms with Gasteiger partial charge in [0, 0.05) is 29.4 Å². The second-order valence-corrected chi connectivity index (χ2v) is 9.29. The minimum atomic E-state index is -0.137. The summed E-state index contributed by atoms with van der Waals surface area (Å²) in [5.74, 6) is 1.09. The van der Waals surface area contributed by atoms with Crippen LogP contribution in [0.4, 0.5) is 5.69 Å². The van der Waals surface area contributed by atoms with Crippen LogP contribution in [0.15, 0.2) is 17.0 Å². The Balaban J connectivity index is 2.11. The first-order chi connectivity index (χ1) is 12.3. The molecule has 1 N–H and O–H groups in total. The maximum absolute atomic E-state index is 12.0. The zero-order valence-corrected chi connectivity index (χ0v) is 17.6. The molecule has 1 atom stereocenters. The predicted molar refractivity (Wildman–Crippen MR) is 114 cm³/mol. The van der Waals surface area contributed by atoms with Crippen molar-refractivity contribution >= 4 is 46.0 Å². The summed E-state index contributed by atoms with van der Waals surface area (Å²) < 4.78 is 6.17. The number of methoxy groups -OCH3 is 1. The van der Waals surface area contributed by atoms with Crippen LogP contribution in [0.1, 0.15) is 57.6 Å². The van der Waals surface area contributed by atoms with Crippen LogP contribution in [0, 0.1) is 0 Å². The van der Waals surface area contributed by atoms with Crippen molar-refractivity contribution in [3.8, 4) is 5.75 Å². The molecule has 1 fully saturated rings. The third kappa shape index (κ3) is 3.49. The highest BCUT2D eigenvalue weighted by Crippen LogP contribution is 2.46. The third-order valence-corrected chi connectivity index (χ3v) is 6.28. The van der Waals surface area contributed by atoms with E-state index in [0.717, 1.165) is 30.7 Å². The summed E-state index contributed by atoms with van der Waals surface area (Å²) in [5.41, 5.74) is 3.60. The molecule has 140 valence electrons. The van der Waals surface area contributed by atoms with Crippen LogP contribution < -0.4 is 15.0 Å². The van der Waals surface area contributed by atoms with Crippen LogP contribution >= 0.6 is 24.0 Å².